The number of rotatable bonds is 3. The van der Waals surface area contributed by atoms with E-state index in [1.807, 2.05) is 54.6 Å². The standard InChI is InChI=1S/C21H24N2O2/c1-23-13-11-17(12-14-23)20(15-23)25-21(24)22-19-10-6-5-9-18(19)16-7-3-2-4-8-16/h2-10,17,20H,11-15H2,1H3/p+1. The van der Waals surface area contributed by atoms with Crippen LogP contribution in [0.2, 0.25) is 0 Å². The van der Waals surface area contributed by atoms with Gasteiger partial charge < -0.3 is 9.22 Å². The van der Waals surface area contributed by atoms with Gasteiger partial charge >= 0.3 is 6.09 Å². The van der Waals surface area contributed by atoms with Crippen LogP contribution in [-0.4, -0.2) is 43.4 Å². The third-order valence-electron chi connectivity index (χ3n) is 5.73. The van der Waals surface area contributed by atoms with Crippen LogP contribution in [0.3, 0.4) is 0 Å². The lowest BCUT2D eigenvalue weighted by Crippen LogP contribution is -2.62. The fourth-order valence-corrected chi connectivity index (χ4v) is 4.22. The number of carbonyl (C=O) groups excluding carboxylic acids is 1. The minimum absolute atomic E-state index is 0.0383. The average Bonchev–Trinajstić information content (AvgIpc) is 2.63. The van der Waals surface area contributed by atoms with E-state index in [9.17, 15) is 4.79 Å². The predicted octanol–water partition coefficient (Wildman–Crippen LogP) is 4.14. The van der Waals surface area contributed by atoms with Crippen LogP contribution in [0.25, 0.3) is 11.1 Å². The minimum Gasteiger partial charge on any atom is -0.440 e. The highest BCUT2D eigenvalue weighted by Gasteiger charge is 2.45. The van der Waals surface area contributed by atoms with E-state index in [0.717, 1.165) is 40.7 Å². The number of quaternary nitrogens is 1. The summed E-state index contributed by atoms with van der Waals surface area (Å²) >= 11 is 0. The number of benzene rings is 2. The number of nitrogens with zero attached hydrogens (tertiary/aromatic N) is 1. The maximum atomic E-state index is 12.5. The van der Waals surface area contributed by atoms with Crippen molar-refractivity contribution in [2.75, 3.05) is 32.0 Å². The van der Waals surface area contributed by atoms with Crippen molar-refractivity contribution in [2.45, 2.75) is 18.9 Å². The van der Waals surface area contributed by atoms with Crippen molar-refractivity contribution in [1.29, 1.82) is 0 Å². The van der Waals surface area contributed by atoms with E-state index in [1.54, 1.807) is 0 Å². The van der Waals surface area contributed by atoms with Crippen LogP contribution in [-0.2, 0) is 4.74 Å². The predicted molar refractivity (Wildman–Crippen MR) is 99.3 cm³/mol. The molecule has 3 aliphatic rings. The number of ether oxygens (including phenoxy) is 1. The molecule has 1 atom stereocenters. The van der Waals surface area contributed by atoms with E-state index in [4.69, 9.17) is 4.74 Å². The maximum absolute atomic E-state index is 12.5. The van der Waals surface area contributed by atoms with Gasteiger partial charge in [0, 0.05) is 24.3 Å². The minimum atomic E-state index is -0.339. The number of para-hydroxylation sites is 1. The molecule has 2 aromatic carbocycles. The molecule has 25 heavy (non-hydrogen) atoms. The van der Waals surface area contributed by atoms with Gasteiger partial charge in [-0.25, -0.2) is 4.79 Å². The fourth-order valence-electron chi connectivity index (χ4n) is 4.22. The molecule has 0 aromatic heterocycles. The molecule has 1 N–H and O–H groups in total. The Labute approximate surface area is 149 Å². The number of nitrogens with one attached hydrogen (secondary N) is 1. The zero-order valence-electron chi connectivity index (χ0n) is 14.7. The molecule has 0 saturated carbocycles. The number of likely N-dealkylation sites (N-methyl/N-ethyl adjacent to an activating group) is 1. The second-order valence-electron chi connectivity index (χ2n) is 7.57. The summed E-state index contributed by atoms with van der Waals surface area (Å²) < 4.78 is 6.86. The van der Waals surface area contributed by atoms with Gasteiger partial charge in [-0.3, -0.25) is 5.32 Å². The van der Waals surface area contributed by atoms with Gasteiger partial charge in [0.2, 0.25) is 0 Å². The van der Waals surface area contributed by atoms with Crippen molar-refractivity contribution in [3.63, 3.8) is 0 Å². The topological polar surface area (TPSA) is 38.3 Å². The normalized spacial score (nSPS) is 27.7. The molecule has 4 nitrogen and oxygen atoms in total. The average molecular weight is 337 g/mol. The summed E-state index contributed by atoms with van der Waals surface area (Å²) in [6.45, 7) is 3.37. The van der Waals surface area contributed by atoms with E-state index in [1.165, 1.54) is 13.1 Å². The zero-order valence-corrected chi connectivity index (χ0v) is 14.7. The van der Waals surface area contributed by atoms with Crippen molar-refractivity contribution in [3.8, 4) is 11.1 Å². The Balaban J connectivity index is 1.47. The summed E-state index contributed by atoms with van der Waals surface area (Å²) in [7, 11) is 2.27. The first-order chi connectivity index (χ1) is 12.1. The zero-order chi connectivity index (χ0) is 17.3. The van der Waals surface area contributed by atoms with Crippen LogP contribution in [0.4, 0.5) is 10.5 Å². The molecule has 1 unspecified atom stereocenters. The number of fused-ring (bicyclic) bond motifs is 3. The lowest BCUT2D eigenvalue weighted by molar-refractivity contribution is -0.928. The van der Waals surface area contributed by atoms with E-state index < -0.39 is 0 Å². The van der Waals surface area contributed by atoms with Gasteiger partial charge in [0.05, 0.1) is 25.8 Å². The van der Waals surface area contributed by atoms with Crippen LogP contribution >= 0.6 is 0 Å². The SMILES string of the molecule is C[N+]12CCC(CC1)C(OC(=O)Nc1ccccc1-c1ccccc1)C2. The van der Waals surface area contributed by atoms with Gasteiger partial charge in [0.25, 0.3) is 0 Å². The number of amides is 1. The monoisotopic (exact) mass is 337 g/mol. The first-order valence-electron chi connectivity index (χ1n) is 9.09. The van der Waals surface area contributed by atoms with E-state index >= 15 is 0 Å². The molecule has 130 valence electrons. The molecule has 3 saturated heterocycles. The van der Waals surface area contributed by atoms with Crippen molar-refractivity contribution in [3.05, 3.63) is 54.6 Å². The Morgan fingerprint density at radius 3 is 2.44 bits per heavy atom. The van der Waals surface area contributed by atoms with Gasteiger partial charge in [0.1, 0.15) is 6.54 Å². The Kier molecular flexibility index (Phi) is 4.22. The number of carbonyl (C=O) groups is 1. The second-order valence-corrected chi connectivity index (χ2v) is 7.57. The van der Waals surface area contributed by atoms with Gasteiger partial charge in [0.15, 0.2) is 6.10 Å². The quantitative estimate of drug-likeness (QED) is 0.855. The van der Waals surface area contributed by atoms with Crippen molar-refractivity contribution in [2.24, 2.45) is 5.92 Å². The van der Waals surface area contributed by atoms with E-state index in [2.05, 4.69) is 12.4 Å². The molecule has 2 bridgehead atoms. The molecule has 0 aliphatic carbocycles. The fraction of sp³-hybridized carbons (Fsp3) is 0.381. The van der Waals surface area contributed by atoms with Crippen LogP contribution < -0.4 is 5.32 Å². The first-order valence-corrected chi connectivity index (χ1v) is 9.09. The first kappa shape index (κ1) is 16.2. The summed E-state index contributed by atoms with van der Waals surface area (Å²) in [6.07, 6.45) is 2.02. The highest BCUT2D eigenvalue weighted by molar-refractivity contribution is 5.91. The lowest BCUT2D eigenvalue weighted by atomic mass is 9.84. The van der Waals surface area contributed by atoms with Crippen LogP contribution in [0, 0.1) is 5.92 Å². The molecule has 3 aliphatic heterocycles. The smallest absolute Gasteiger partial charge is 0.412 e. The largest absolute Gasteiger partial charge is 0.440 e. The Morgan fingerprint density at radius 1 is 1.04 bits per heavy atom. The van der Waals surface area contributed by atoms with Crippen LogP contribution in [0.15, 0.2) is 54.6 Å². The molecule has 2 aromatic rings. The van der Waals surface area contributed by atoms with Gasteiger partial charge in [-0.15, -0.1) is 0 Å². The molecule has 3 heterocycles. The molecule has 0 spiro atoms. The Morgan fingerprint density at radius 2 is 1.72 bits per heavy atom. The van der Waals surface area contributed by atoms with Crippen LogP contribution in [0.1, 0.15) is 12.8 Å². The molecule has 3 fully saturated rings. The second kappa shape index (κ2) is 6.52. The summed E-state index contributed by atoms with van der Waals surface area (Å²) in [5.74, 6) is 0.523. The number of hydrogen-bond acceptors (Lipinski definition) is 2. The summed E-state index contributed by atoms with van der Waals surface area (Å²) in [4.78, 5) is 12.5. The lowest BCUT2D eigenvalue weighted by Gasteiger charge is -2.49. The molecule has 1 amide bonds. The summed E-state index contributed by atoms with van der Waals surface area (Å²) in [6, 6.07) is 17.9. The Hall–Kier alpha value is -2.33. The third kappa shape index (κ3) is 3.40. The molecule has 5 rings (SSSR count). The summed E-state index contributed by atoms with van der Waals surface area (Å²) in [5, 5.41) is 2.96. The van der Waals surface area contributed by atoms with E-state index in [-0.39, 0.29) is 12.2 Å². The maximum Gasteiger partial charge on any atom is 0.412 e. The molecular formula is C21H25N2O2+. The van der Waals surface area contributed by atoms with Gasteiger partial charge in [-0.05, 0) is 11.6 Å². The van der Waals surface area contributed by atoms with Crippen molar-refractivity contribution in [1.82, 2.24) is 0 Å². The van der Waals surface area contributed by atoms with Gasteiger partial charge in [-0.1, -0.05) is 48.5 Å². The van der Waals surface area contributed by atoms with E-state index in [0.29, 0.717) is 5.92 Å². The van der Waals surface area contributed by atoms with Gasteiger partial charge in [-0.2, -0.15) is 0 Å². The number of piperidine rings is 3. The molecular weight excluding hydrogens is 312 g/mol. The Bertz CT molecular complexity index is 752. The van der Waals surface area contributed by atoms with Crippen LogP contribution in [0.5, 0.6) is 0 Å². The third-order valence-corrected chi connectivity index (χ3v) is 5.73. The number of hydrogen-bond donors (Lipinski definition) is 1. The number of anilines is 1. The highest BCUT2D eigenvalue weighted by atomic mass is 16.6. The summed E-state index contributed by atoms with van der Waals surface area (Å²) in [5.41, 5.74) is 2.88. The molecule has 0 radical (unpaired) electrons. The highest BCUT2D eigenvalue weighted by Crippen LogP contribution is 2.34. The van der Waals surface area contributed by atoms with Crippen molar-refractivity contribution >= 4 is 11.8 Å². The molecule has 4 heteroatoms. The van der Waals surface area contributed by atoms with Crippen molar-refractivity contribution < 1.29 is 14.0 Å².